The number of aromatic nitrogens is 8. The highest BCUT2D eigenvalue weighted by molar-refractivity contribution is 5.23. The van der Waals surface area contributed by atoms with Crippen LogP contribution >= 0.6 is 0 Å². The summed E-state index contributed by atoms with van der Waals surface area (Å²) in [6.45, 7) is 0.431. The molecule has 32 nitrogen and oxygen atoms in total. The van der Waals surface area contributed by atoms with E-state index in [2.05, 4.69) is 0 Å². The molecule has 4 aliphatic rings. The standard InChI is InChI=1S/4C18H20F2N2O6/c2*1-9-7-22(17-15(25)14(24)13(8-23)28-17)18(27)21(16(9)26)5-4-10-2-3-11(19)6-12(10)20;2*1-10-7-21(16-14(25)13(24)12(8-23)28-16)17(27)22(15(10)26)9-18(19,20)11-5-3-2-4-6-11/h2*2-3,6-7,13-15,17,23-25H,4-5,8H2,1H3;2*2-7,12-14,16,23-25H,8-9H2,1H3/t2*13-,14+,15?,17-;2*12-,13+,14?,16-/m1111/s1. The van der Waals surface area contributed by atoms with Gasteiger partial charge in [-0.3, -0.25) is 55.7 Å². The third-order valence-electron chi connectivity index (χ3n) is 19.0. The third-order valence-corrected chi connectivity index (χ3v) is 19.0. The van der Waals surface area contributed by atoms with Crippen LogP contribution in [0.15, 0.2) is 160 Å². The molecule has 8 aromatic rings. The van der Waals surface area contributed by atoms with Crippen molar-refractivity contribution in [3.8, 4) is 0 Å². The fourth-order valence-electron chi connectivity index (χ4n) is 12.7. The van der Waals surface area contributed by atoms with Crippen molar-refractivity contribution in [1.82, 2.24) is 36.5 Å². The molecule has 8 heterocycles. The zero-order valence-corrected chi connectivity index (χ0v) is 59.7. The molecule has 0 radical (unpaired) electrons. The Labute approximate surface area is 626 Å². The van der Waals surface area contributed by atoms with Crippen molar-refractivity contribution in [2.45, 2.75) is 177 Å². The number of benzene rings is 4. The fraction of sp³-hybridized carbons (Fsp3) is 0.444. The zero-order valence-electron chi connectivity index (χ0n) is 59.7. The number of aliphatic hydroxyl groups excluding tert-OH is 12. The van der Waals surface area contributed by atoms with Gasteiger partial charge in [0.2, 0.25) is 0 Å². The van der Waals surface area contributed by atoms with E-state index in [9.17, 15) is 135 Å². The van der Waals surface area contributed by atoms with Crippen LogP contribution in [0.4, 0.5) is 35.1 Å². The second kappa shape index (κ2) is 36.0. The quantitative estimate of drug-likeness (QED) is 0.0380. The minimum absolute atomic E-state index is 0.0267. The van der Waals surface area contributed by atoms with Gasteiger partial charge in [0.15, 0.2) is 24.9 Å². The number of hydrogen-bond donors (Lipinski definition) is 12. The van der Waals surface area contributed by atoms with E-state index < -0.39 is 218 Å². The summed E-state index contributed by atoms with van der Waals surface area (Å²) in [5.41, 5.74) is -7.08. The Morgan fingerprint density at radius 3 is 0.821 bits per heavy atom. The first kappa shape index (κ1) is 86.4. The van der Waals surface area contributed by atoms with Crippen LogP contribution in [0.1, 0.15) is 69.4 Å². The summed E-state index contributed by atoms with van der Waals surface area (Å²) in [6, 6.07) is 19.6. The van der Waals surface area contributed by atoms with Crippen LogP contribution in [0.25, 0.3) is 0 Å². The van der Waals surface area contributed by atoms with Crippen LogP contribution in [0, 0.1) is 51.0 Å². The summed E-state index contributed by atoms with van der Waals surface area (Å²) in [4.78, 5) is 101. The van der Waals surface area contributed by atoms with Crippen molar-refractivity contribution in [2.75, 3.05) is 26.4 Å². The lowest BCUT2D eigenvalue weighted by Crippen LogP contribution is -2.46. The van der Waals surface area contributed by atoms with E-state index in [-0.39, 0.29) is 70.4 Å². The maximum Gasteiger partial charge on any atom is 0.333 e. The van der Waals surface area contributed by atoms with Gasteiger partial charge in [-0.2, -0.15) is 17.6 Å². The Hall–Kier alpha value is -9.60. The van der Waals surface area contributed by atoms with Gasteiger partial charge in [-0.05, 0) is 63.8 Å². The van der Waals surface area contributed by atoms with Gasteiger partial charge in [-0.15, -0.1) is 0 Å². The molecular formula is C72H80F8N8O24. The number of ether oxygens (including phenoxy) is 4. The molecule has 12 rings (SSSR count). The minimum atomic E-state index is -3.50. The molecule has 16 atom stereocenters. The van der Waals surface area contributed by atoms with Crippen molar-refractivity contribution >= 4 is 0 Å². The molecule has 4 unspecified atom stereocenters. The number of aliphatic hydroxyl groups is 12. The van der Waals surface area contributed by atoms with Gasteiger partial charge >= 0.3 is 22.8 Å². The lowest BCUT2D eigenvalue weighted by Gasteiger charge is -2.22. The summed E-state index contributed by atoms with van der Waals surface area (Å²) in [5, 5.41) is 117. The first-order chi connectivity index (χ1) is 52.8. The maximum atomic E-state index is 14.6. The molecule has 0 spiro atoms. The third kappa shape index (κ3) is 18.4. The Morgan fingerprint density at radius 1 is 0.348 bits per heavy atom. The summed E-state index contributed by atoms with van der Waals surface area (Å²) >= 11 is 0. The molecule has 4 fully saturated rings. The fourth-order valence-corrected chi connectivity index (χ4v) is 12.7. The Bertz CT molecular complexity index is 4840. The van der Waals surface area contributed by atoms with E-state index in [1.165, 1.54) is 101 Å². The van der Waals surface area contributed by atoms with Crippen LogP contribution in [-0.4, -0.2) is 197 Å². The molecular weight excluding hydrogens is 1510 g/mol. The normalized spacial score (nSPS) is 24.9. The van der Waals surface area contributed by atoms with Gasteiger partial charge in [-0.1, -0.05) is 72.8 Å². The van der Waals surface area contributed by atoms with Gasteiger partial charge in [0, 0.05) is 83.4 Å². The molecule has 4 aromatic carbocycles. The van der Waals surface area contributed by atoms with E-state index >= 15 is 0 Å². The van der Waals surface area contributed by atoms with Crippen LogP contribution in [0.5, 0.6) is 0 Å². The number of aryl methyl sites for hydroxylation is 6. The van der Waals surface area contributed by atoms with Gasteiger partial charge in [-0.25, -0.2) is 36.7 Å². The highest BCUT2D eigenvalue weighted by Gasteiger charge is 2.48. The smallest absolute Gasteiger partial charge is 0.333 e. The molecule has 112 heavy (non-hydrogen) atoms. The highest BCUT2D eigenvalue weighted by Crippen LogP contribution is 2.34. The average Bonchev–Trinajstić information content (AvgIpc) is 1.75. The van der Waals surface area contributed by atoms with Gasteiger partial charge < -0.3 is 80.2 Å². The molecule has 12 N–H and O–H groups in total. The number of rotatable bonds is 20. The van der Waals surface area contributed by atoms with Crippen LogP contribution in [0.2, 0.25) is 0 Å². The molecule has 0 aliphatic carbocycles. The van der Waals surface area contributed by atoms with Crippen molar-refractivity contribution in [1.29, 1.82) is 0 Å². The summed E-state index contributed by atoms with van der Waals surface area (Å²) < 4.78 is 139. The van der Waals surface area contributed by atoms with Crippen molar-refractivity contribution in [2.24, 2.45) is 0 Å². The maximum absolute atomic E-state index is 14.6. The Morgan fingerprint density at radius 2 is 0.589 bits per heavy atom. The van der Waals surface area contributed by atoms with E-state index in [0.717, 1.165) is 51.9 Å². The zero-order chi connectivity index (χ0) is 82.4. The molecule has 608 valence electrons. The van der Waals surface area contributed by atoms with Crippen LogP contribution in [-0.2, 0) is 69.8 Å². The predicted molar refractivity (Wildman–Crippen MR) is 372 cm³/mol. The summed E-state index contributed by atoms with van der Waals surface area (Å²) in [6.07, 6.45) is -17.4. The molecule has 0 bridgehead atoms. The summed E-state index contributed by atoms with van der Waals surface area (Å²) in [7, 11) is 0. The van der Waals surface area contributed by atoms with Crippen molar-refractivity contribution < 1.29 is 115 Å². The average molecular weight is 1590 g/mol. The van der Waals surface area contributed by atoms with Crippen molar-refractivity contribution in [3.05, 3.63) is 273 Å². The number of nitrogens with zero attached hydrogens (tertiary/aromatic N) is 8. The predicted octanol–water partition coefficient (Wildman–Crippen LogP) is -1.65. The Kier molecular flexibility index (Phi) is 27.8. The van der Waals surface area contributed by atoms with E-state index in [0.29, 0.717) is 21.3 Å². The second-order valence-corrected chi connectivity index (χ2v) is 26.7. The lowest BCUT2D eigenvalue weighted by molar-refractivity contribution is -0.0578. The van der Waals surface area contributed by atoms with Crippen LogP contribution in [0.3, 0.4) is 0 Å². The van der Waals surface area contributed by atoms with E-state index in [4.69, 9.17) is 18.9 Å². The molecule has 40 heteroatoms. The van der Waals surface area contributed by atoms with Gasteiger partial charge in [0.1, 0.15) is 96.5 Å². The largest absolute Gasteiger partial charge is 0.394 e. The second-order valence-electron chi connectivity index (χ2n) is 26.7. The van der Waals surface area contributed by atoms with Crippen LogP contribution < -0.4 is 45.0 Å². The molecule has 0 amide bonds. The van der Waals surface area contributed by atoms with Gasteiger partial charge in [0.05, 0.1) is 39.5 Å². The number of halogens is 8. The monoisotopic (exact) mass is 1590 g/mol. The Balaban J connectivity index is 0.000000171. The molecule has 4 aromatic heterocycles. The van der Waals surface area contributed by atoms with E-state index in [1.54, 1.807) is 12.1 Å². The van der Waals surface area contributed by atoms with E-state index in [1.807, 2.05) is 0 Å². The first-order valence-electron chi connectivity index (χ1n) is 34.4. The van der Waals surface area contributed by atoms with Crippen molar-refractivity contribution in [3.63, 3.8) is 0 Å². The minimum Gasteiger partial charge on any atom is -0.394 e. The topological polar surface area (TPSA) is 456 Å². The molecule has 4 aliphatic heterocycles. The molecule has 4 saturated heterocycles. The highest BCUT2D eigenvalue weighted by atomic mass is 19.3. The summed E-state index contributed by atoms with van der Waals surface area (Å²) in [5.74, 6) is -10.0. The van der Waals surface area contributed by atoms with Gasteiger partial charge in [0.25, 0.3) is 34.1 Å². The lowest BCUT2D eigenvalue weighted by atomic mass is 10.1. The first-order valence-corrected chi connectivity index (χ1v) is 34.4. The molecule has 0 saturated carbocycles. The number of hydrogen-bond acceptors (Lipinski definition) is 24. The number of alkyl halides is 4. The SMILES string of the molecule is Cc1cn([C@@H]2O[C@H](CO)[C@H](O)C2O)c(=O)n(CC(F)(F)c2ccccc2)c1=O.Cc1cn([C@@H]2O[C@H](CO)[C@H](O)C2O)c(=O)n(CC(F)(F)c2ccccc2)c1=O.Cc1cn([C@@H]2O[C@H](CO)[C@H](O)C2O)c(=O)n(CCc2ccc(F)cc2F)c1=O.Cc1cn([C@@H]2O[C@H](CO)[C@H](O)C2O)c(=O)n(CCc2ccc(F)cc2F)c1=O.